The number of aliphatic hydroxyl groups is 1. The lowest BCUT2D eigenvalue weighted by molar-refractivity contribution is -0.136. The Morgan fingerprint density at radius 3 is 2.50 bits per heavy atom. The molecule has 1 atom stereocenters. The van der Waals surface area contributed by atoms with Crippen LogP contribution in [0, 0.1) is 0 Å². The Hall–Kier alpha value is -1.82. The molecule has 0 bridgehead atoms. The van der Waals surface area contributed by atoms with Crippen molar-refractivity contribution < 1.29 is 18.3 Å². The van der Waals surface area contributed by atoms with Gasteiger partial charge in [0, 0.05) is 12.6 Å². The van der Waals surface area contributed by atoms with E-state index in [-0.39, 0.29) is 12.8 Å². The number of hydrogen-bond acceptors (Lipinski definition) is 2. The van der Waals surface area contributed by atoms with Crippen LogP contribution in [0.25, 0.3) is 5.69 Å². The summed E-state index contributed by atoms with van der Waals surface area (Å²) in [5, 5.41) is 14.0. The Morgan fingerprint density at radius 2 is 1.85 bits per heavy atom. The van der Waals surface area contributed by atoms with Crippen molar-refractivity contribution in [2.24, 2.45) is 0 Å². The predicted molar refractivity (Wildman–Crippen MR) is 68.4 cm³/mol. The first-order valence-electron chi connectivity index (χ1n) is 6.31. The van der Waals surface area contributed by atoms with E-state index in [0.717, 1.165) is 5.69 Å². The van der Waals surface area contributed by atoms with Gasteiger partial charge in [0.1, 0.15) is 0 Å². The summed E-state index contributed by atoms with van der Waals surface area (Å²) >= 11 is 0. The Kier molecular flexibility index (Phi) is 4.44. The van der Waals surface area contributed by atoms with Crippen LogP contribution in [0.3, 0.4) is 0 Å². The van der Waals surface area contributed by atoms with E-state index in [4.69, 9.17) is 0 Å². The number of alkyl halides is 3. The molecule has 0 amide bonds. The maximum absolute atomic E-state index is 12.0. The highest BCUT2D eigenvalue weighted by Crippen LogP contribution is 2.25. The Balaban J connectivity index is 1.95. The molecule has 0 aliphatic heterocycles. The maximum atomic E-state index is 12.0. The van der Waals surface area contributed by atoms with Crippen LogP contribution in [0.4, 0.5) is 13.2 Å². The second-order valence-electron chi connectivity index (χ2n) is 4.54. The van der Waals surface area contributed by atoms with Crippen molar-refractivity contribution in [3.63, 3.8) is 0 Å². The zero-order chi connectivity index (χ0) is 14.6. The molecule has 3 nitrogen and oxygen atoms in total. The molecule has 2 rings (SSSR count). The summed E-state index contributed by atoms with van der Waals surface area (Å²) in [6, 6.07) is 10.9. The molecule has 1 aromatic heterocycles. The molecular formula is C14H15F3N2O. The quantitative estimate of drug-likeness (QED) is 0.910. The third-order valence-electron chi connectivity index (χ3n) is 2.91. The van der Waals surface area contributed by atoms with E-state index in [1.165, 1.54) is 0 Å². The fourth-order valence-corrected chi connectivity index (χ4v) is 1.88. The van der Waals surface area contributed by atoms with E-state index in [1.807, 2.05) is 30.3 Å². The van der Waals surface area contributed by atoms with Crippen molar-refractivity contribution >= 4 is 0 Å². The van der Waals surface area contributed by atoms with Crippen LogP contribution in [-0.4, -0.2) is 21.1 Å². The molecule has 6 heteroatoms. The van der Waals surface area contributed by atoms with Gasteiger partial charge >= 0.3 is 6.18 Å². The Morgan fingerprint density at radius 1 is 1.15 bits per heavy atom. The van der Waals surface area contributed by atoms with Gasteiger partial charge in [0.05, 0.1) is 17.5 Å². The number of benzene rings is 1. The van der Waals surface area contributed by atoms with Crippen molar-refractivity contribution in [2.45, 2.75) is 31.5 Å². The average Bonchev–Trinajstić information content (AvgIpc) is 2.88. The Bertz CT molecular complexity index is 537. The van der Waals surface area contributed by atoms with E-state index < -0.39 is 18.7 Å². The summed E-state index contributed by atoms with van der Waals surface area (Å²) in [5.74, 6) is 0. The molecule has 1 aromatic carbocycles. The smallest absolute Gasteiger partial charge is 0.387 e. The average molecular weight is 284 g/mol. The van der Waals surface area contributed by atoms with Crippen LogP contribution in [0.2, 0.25) is 0 Å². The third-order valence-corrected chi connectivity index (χ3v) is 2.91. The fourth-order valence-electron chi connectivity index (χ4n) is 1.88. The predicted octanol–water partition coefficient (Wildman–Crippen LogP) is 3.64. The zero-order valence-corrected chi connectivity index (χ0v) is 10.7. The van der Waals surface area contributed by atoms with E-state index in [9.17, 15) is 18.3 Å². The minimum absolute atomic E-state index is 0.0469. The SMILES string of the molecule is OC(CCCC(F)(F)F)c1ccn(-c2ccccc2)n1. The molecule has 20 heavy (non-hydrogen) atoms. The van der Waals surface area contributed by atoms with E-state index >= 15 is 0 Å². The third kappa shape index (κ3) is 4.09. The van der Waals surface area contributed by atoms with Crippen molar-refractivity contribution in [1.82, 2.24) is 9.78 Å². The van der Waals surface area contributed by atoms with Crippen LogP contribution >= 0.6 is 0 Å². The van der Waals surface area contributed by atoms with Crippen LogP contribution in [-0.2, 0) is 0 Å². The van der Waals surface area contributed by atoms with Crippen molar-refractivity contribution in [1.29, 1.82) is 0 Å². The van der Waals surface area contributed by atoms with Gasteiger partial charge in [-0.25, -0.2) is 4.68 Å². The van der Waals surface area contributed by atoms with Crippen LogP contribution in [0.5, 0.6) is 0 Å². The number of hydrogen-bond donors (Lipinski definition) is 1. The van der Waals surface area contributed by atoms with Crippen molar-refractivity contribution in [3.8, 4) is 5.69 Å². The fraction of sp³-hybridized carbons (Fsp3) is 0.357. The van der Waals surface area contributed by atoms with Crippen LogP contribution in [0.1, 0.15) is 31.1 Å². The topological polar surface area (TPSA) is 38.0 Å². The summed E-state index contributed by atoms with van der Waals surface area (Å²) < 4.78 is 37.7. The molecule has 1 heterocycles. The van der Waals surface area contributed by atoms with Crippen molar-refractivity contribution in [3.05, 3.63) is 48.3 Å². The molecule has 2 aromatic rings. The maximum Gasteiger partial charge on any atom is 0.389 e. The first kappa shape index (κ1) is 14.6. The van der Waals surface area contributed by atoms with Gasteiger partial charge in [-0.05, 0) is 31.0 Å². The largest absolute Gasteiger partial charge is 0.389 e. The zero-order valence-electron chi connectivity index (χ0n) is 10.7. The number of nitrogens with zero attached hydrogens (tertiary/aromatic N) is 2. The lowest BCUT2D eigenvalue weighted by Gasteiger charge is -2.09. The Labute approximate surface area is 114 Å². The standard InChI is InChI=1S/C14H15F3N2O/c15-14(16,17)9-4-7-13(20)12-8-10-19(18-12)11-5-2-1-3-6-11/h1-3,5-6,8,10,13,20H,4,7,9H2. The minimum Gasteiger partial charge on any atom is -0.387 e. The number of aliphatic hydroxyl groups excluding tert-OH is 1. The van der Waals surface area contributed by atoms with Gasteiger partial charge < -0.3 is 5.11 Å². The van der Waals surface area contributed by atoms with Crippen LogP contribution < -0.4 is 0 Å². The second kappa shape index (κ2) is 6.09. The van der Waals surface area contributed by atoms with E-state index in [2.05, 4.69) is 5.10 Å². The number of para-hydroxylation sites is 1. The first-order valence-corrected chi connectivity index (χ1v) is 6.31. The van der Waals surface area contributed by atoms with Gasteiger partial charge in [0.2, 0.25) is 0 Å². The van der Waals surface area contributed by atoms with Crippen LogP contribution in [0.15, 0.2) is 42.6 Å². The number of rotatable bonds is 5. The van der Waals surface area contributed by atoms with Gasteiger partial charge in [0.15, 0.2) is 0 Å². The summed E-state index contributed by atoms with van der Waals surface area (Å²) in [5.41, 5.74) is 1.22. The lowest BCUT2D eigenvalue weighted by atomic mass is 10.1. The molecule has 1 N–H and O–H groups in total. The molecule has 0 aliphatic rings. The summed E-state index contributed by atoms with van der Waals surface area (Å²) in [6.07, 6.45) is -4.42. The molecule has 108 valence electrons. The molecule has 0 spiro atoms. The van der Waals surface area contributed by atoms with Crippen molar-refractivity contribution in [2.75, 3.05) is 0 Å². The minimum atomic E-state index is -4.18. The number of halogens is 3. The molecule has 0 saturated heterocycles. The molecule has 0 aliphatic carbocycles. The first-order chi connectivity index (χ1) is 9.46. The summed E-state index contributed by atoms with van der Waals surface area (Å²) in [4.78, 5) is 0. The van der Waals surface area contributed by atoms with Gasteiger partial charge in [-0.2, -0.15) is 18.3 Å². The van der Waals surface area contributed by atoms with E-state index in [0.29, 0.717) is 5.69 Å². The molecule has 0 saturated carbocycles. The molecular weight excluding hydrogens is 269 g/mol. The second-order valence-corrected chi connectivity index (χ2v) is 4.54. The monoisotopic (exact) mass is 284 g/mol. The highest BCUT2D eigenvalue weighted by molar-refractivity contribution is 5.30. The summed E-state index contributed by atoms with van der Waals surface area (Å²) in [7, 11) is 0. The molecule has 0 fully saturated rings. The van der Waals surface area contributed by atoms with Gasteiger partial charge in [0.25, 0.3) is 0 Å². The van der Waals surface area contributed by atoms with Gasteiger partial charge in [-0.1, -0.05) is 18.2 Å². The highest BCUT2D eigenvalue weighted by atomic mass is 19.4. The molecule has 0 radical (unpaired) electrons. The number of aromatic nitrogens is 2. The summed E-state index contributed by atoms with van der Waals surface area (Å²) in [6.45, 7) is 0. The highest BCUT2D eigenvalue weighted by Gasteiger charge is 2.26. The van der Waals surface area contributed by atoms with Gasteiger partial charge in [-0.3, -0.25) is 0 Å². The van der Waals surface area contributed by atoms with Gasteiger partial charge in [-0.15, -0.1) is 0 Å². The molecule has 1 unspecified atom stereocenters. The van der Waals surface area contributed by atoms with E-state index in [1.54, 1.807) is 16.9 Å². The lowest BCUT2D eigenvalue weighted by Crippen LogP contribution is -2.08. The normalized spacial score (nSPS) is 13.4.